The highest BCUT2D eigenvalue weighted by atomic mass is 16.5. The van der Waals surface area contributed by atoms with Crippen molar-refractivity contribution in [1.29, 1.82) is 0 Å². The van der Waals surface area contributed by atoms with Crippen molar-refractivity contribution in [3.05, 3.63) is 30.1 Å². The van der Waals surface area contributed by atoms with Crippen LogP contribution in [0, 0.1) is 0 Å². The van der Waals surface area contributed by atoms with Crippen molar-refractivity contribution in [2.75, 3.05) is 13.7 Å². The average Bonchev–Trinajstić information content (AvgIpc) is 2.43. The molecule has 0 aliphatic carbocycles. The third-order valence-corrected chi connectivity index (χ3v) is 2.86. The van der Waals surface area contributed by atoms with E-state index < -0.39 is 0 Å². The van der Waals surface area contributed by atoms with Gasteiger partial charge in [0.15, 0.2) is 0 Å². The van der Waals surface area contributed by atoms with Crippen LogP contribution in [0.15, 0.2) is 24.5 Å². The van der Waals surface area contributed by atoms with Crippen LogP contribution in [0.4, 0.5) is 0 Å². The lowest BCUT2D eigenvalue weighted by Gasteiger charge is -2.19. The number of nitrogens with zero attached hydrogens (tertiary/aromatic N) is 1. The molecule has 0 bridgehead atoms. The largest absolute Gasteiger partial charge is 0.380 e. The maximum Gasteiger partial charge on any atom is 0.223 e. The van der Waals surface area contributed by atoms with Crippen LogP contribution < -0.4 is 11.1 Å². The van der Waals surface area contributed by atoms with Gasteiger partial charge in [-0.15, -0.1) is 0 Å². The molecule has 0 aliphatic rings. The zero-order valence-electron chi connectivity index (χ0n) is 10.9. The van der Waals surface area contributed by atoms with Crippen LogP contribution in [-0.2, 0) is 9.53 Å². The van der Waals surface area contributed by atoms with Gasteiger partial charge in [-0.1, -0.05) is 6.92 Å². The molecular formula is C13H21N3O2. The fourth-order valence-corrected chi connectivity index (χ4v) is 1.74. The van der Waals surface area contributed by atoms with Gasteiger partial charge in [0.1, 0.15) is 0 Å². The van der Waals surface area contributed by atoms with E-state index in [2.05, 4.69) is 10.3 Å². The molecule has 0 aromatic carbocycles. The Morgan fingerprint density at radius 2 is 2.17 bits per heavy atom. The van der Waals surface area contributed by atoms with Crippen LogP contribution in [0.3, 0.4) is 0 Å². The van der Waals surface area contributed by atoms with Gasteiger partial charge < -0.3 is 15.8 Å². The molecule has 18 heavy (non-hydrogen) atoms. The van der Waals surface area contributed by atoms with E-state index >= 15 is 0 Å². The van der Waals surface area contributed by atoms with E-state index in [1.807, 2.05) is 19.1 Å². The summed E-state index contributed by atoms with van der Waals surface area (Å²) in [6.45, 7) is 2.37. The topological polar surface area (TPSA) is 77.2 Å². The number of aromatic nitrogens is 1. The van der Waals surface area contributed by atoms with E-state index in [1.54, 1.807) is 19.5 Å². The number of carbonyl (C=O) groups excluding carboxylic acids is 1. The zero-order valence-corrected chi connectivity index (χ0v) is 10.9. The van der Waals surface area contributed by atoms with Gasteiger partial charge in [-0.05, 0) is 24.1 Å². The molecule has 2 atom stereocenters. The zero-order chi connectivity index (χ0) is 13.4. The van der Waals surface area contributed by atoms with Crippen LogP contribution in [0.5, 0.6) is 0 Å². The van der Waals surface area contributed by atoms with Gasteiger partial charge in [0, 0.05) is 26.0 Å². The molecule has 100 valence electrons. The van der Waals surface area contributed by atoms with Gasteiger partial charge >= 0.3 is 0 Å². The Balaban J connectivity index is 2.56. The lowest BCUT2D eigenvalue weighted by Crippen LogP contribution is -2.34. The van der Waals surface area contributed by atoms with Gasteiger partial charge in [0.25, 0.3) is 0 Å². The maximum atomic E-state index is 11.9. The molecule has 2 unspecified atom stereocenters. The summed E-state index contributed by atoms with van der Waals surface area (Å²) in [6.07, 6.45) is 4.34. The number of amides is 1. The molecule has 0 aliphatic heterocycles. The van der Waals surface area contributed by atoms with Crippen LogP contribution in [0.25, 0.3) is 0 Å². The fraction of sp³-hybridized carbons (Fsp3) is 0.538. The van der Waals surface area contributed by atoms with Crippen LogP contribution in [0.2, 0.25) is 0 Å². The molecule has 1 aromatic heterocycles. The minimum Gasteiger partial charge on any atom is -0.380 e. The van der Waals surface area contributed by atoms with Gasteiger partial charge in [-0.25, -0.2) is 0 Å². The molecule has 5 nitrogen and oxygen atoms in total. The standard InChI is InChI=1S/C13H21N3O2/c1-3-12(10-4-6-15-7-5-10)16-13(17)8-11(9-14)18-2/h4-7,11-12H,3,8-9,14H2,1-2H3,(H,16,17). The second-order valence-electron chi connectivity index (χ2n) is 4.11. The Labute approximate surface area is 108 Å². The lowest BCUT2D eigenvalue weighted by molar-refractivity contribution is -0.124. The van der Waals surface area contributed by atoms with Gasteiger partial charge in [0.2, 0.25) is 5.91 Å². The molecule has 1 heterocycles. The average molecular weight is 251 g/mol. The summed E-state index contributed by atoms with van der Waals surface area (Å²) in [5, 5.41) is 2.98. The SMILES string of the molecule is CCC(NC(=O)CC(CN)OC)c1ccncc1. The van der Waals surface area contributed by atoms with E-state index in [0.717, 1.165) is 12.0 Å². The first kappa shape index (κ1) is 14.6. The molecule has 1 amide bonds. The molecule has 5 heteroatoms. The van der Waals surface area contributed by atoms with Crippen molar-refractivity contribution in [2.45, 2.75) is 31.9 Å². The fourth-order valence-electron chi connectivity index (χ4n) is 1.74. The lowest BCUT2D eigenvalue weighted by atomic mass is 10.1. The number of hydrogen-bond acceptors (Lipinski definition) is 4. The number of methoxy groups -OCH3 is 1. The molecule has 0 spiro atoms. The Bertz CT molecular complexity index is 353. The number of rotatable bonds is 7. The first-order chi connectivity index (χ1) is 8.71. The molecule has 0 saturated heterocycles. The molecule has 0 fully saturated rings. The quantitative estimate of drug-likeness (QED) is 0.758. The van der Waals surface area contributed by atoms with Crippen molar-refractivity contribution in [2.24, 2.45) is 5.73 Å². The first-order valence-corrected chi connectivity index (χ1v) is 6.13. The number of nitrogens with one attached hydrogen (secondary N) is 1. The Hall–Kier alpha value is -1.46. The predicted molar refractivity (Wildman–Crippen MR) is 69.9 cm³/mol. The Kier molecular flexibility index (Phi) is 6.32. The first-order valence-electron chi connectivity index (χ1n) is 6.13. The van der Waals surface area contributed by atoms with Crippen molar-refractivity contribution in [3.63, 3.8) is 0 Å². The highest BCUT2D eigenvalue weighted by Crippen LogP contribution is 2.15. The minimum absolute atomic E-state index is 0.00998. The van der Waals surface area contributed by atoms with Crippen molar-refractivity contribution < 1.29 is 9.53 Å². The number of carbonyl (C=O) groups is 1. The summed E-state index contributed by atoms with van der Waals surface area (Å²) in [6, 6.07) is 3.83. The van der Waals surface area contributed by atoms with E-state index in [0.29, 0.717) is 6.54 Å². The summed E-state index contributed by atoms with van der Waals surface area (Å²) >= 11 is 0. The third-order valence-electron chi connectivity index (χ3n) is 2.86. The minimum atomic E-state index is -0.222. The predicted octanol–water partition coefficient (Wildman–Crippen LogP) is 1.01. The van der Waals surface area contributed by atoms with Crippen LogP contribution in [-0.4, -0.2) is 30.6 Å². The molecule has 1 aromatic rings. The van der Waals surface area contributed by atoms with Crippen molar-refractivity contribution >= 4 is 5.91 Å². The van der Waals surface area contributed by atoms with E-state index in [-0.39, 0.29) is 24.5 Å². The molecule has 0 saturated carbocycles. The summed E-state index contributed by atoms with van der Waals surface area (Å²) in [4.78, 5) is 15.8. The number of nitrogens with two attached hydrogens (primary N) is 1. The molecule has 0 radical (unpaired) electrons. The highest BCUT2D eigenvalue weighted by molar-refractivity contribution is 5.77. The van der Waals surface area contributed by atoms with Gasteiger partial charge in [0.05, 0.1) is 18.6 Å². The normalized spacial score (nSPS) is 13.9. The van der Waals surface area contributed by atoms with Crippen molar-refractivity contribution in [1.82, 2.24) is 10.3 Å². The summed E-state index contributed by atoms with van der Waals surface area (Å²) in [7, 11) is 1.56. The Morgan fingerprint density at radius 1 is 1.50 bits per heavy atom. The van der Waals surface area contributed by atoms with Gasteiger partial charge in [-0.2, -0.15) is 0 Å². The maximum absolute atomic E-state index is 11.9. The van der Waals surface area contributed by atoms with Crippen LogP contribution >= 0.6 is 0 Å². The number of hydrogen-bond donors (Lipinski definition) is 2. The van der Waals surface area contributed by atoms with Gasteiger partial charge in [-0.3, -0.25) is 9.78 Å². The second kappa shape index (κ2) is 7.79. The van der Waals surface area contributed by atoms with Crippen LogP contribution in [0.1, 0.15) is 31.4 Å². The number of pyridine rings is 1. The second-order valence-corrected chi connectivity index (χ2v) is 4.11. The molecule has 3 N–H and O–H groups in total. The van der Waals surface area contributed by atoms with Crippen molar-refractivity contribution in [3.8, 4) is 0 Å². The number of ether oxygens (including phenoxy) is 1. The Morgan fingerprint density at radius 3 is 2.67 bits per heavy atom. The highest BCUT2D eigenvalue weighted by Gasteiger charge is 2.16. The molecule has 1 rings (SSSR count). The summed E-state index contributed by atoms with van der Waals surface area (Å²) in [5.41, 5.74) is 6.55. The molecular weight excluding hydrogens is 230 g/mol. The monoisotopic (exact) mass is 251 g/mol. The summed E-state index contributed by atoms with van der Waals surface area (Å²) in [5.74, 6) is -0.0454. The van der Waals surface area contributed by atoms with E-state index in [1.165, 1.54) is 0 Å². The third kappa shape index (κ3) is 4.43. The smallest absolute Gasteiger partial charge is 0.223 e. The van der Waals surface area contributed by atoms with E-state index in [4.69, 9.17) is 10.5 Å². The van der Waals surface area contributed by atoms with E-state index in [9.17, 15) is 4.79 Å². The summed E-state index contributed by atoms with van der Waals surface area (Å²) < 4.78 is 5.10.